The molecule has 0 bridgehead atoms. The van der Waals surface area contributed by atoms with Crippen LogP contribution in [-0.2, 0) is 18.6 Å². The average molecular weight is 423 g/mol. The molecule has 0 N–H and O–H groups in total. The third-order valence-corrected chi connectivity index (χ3v) is 8.64. The molecular weight excluding hydrogens is 388 g/mol. The minimum absolute atomic E-state index is 0. The van der Waals surface area contributed by atoms with Gasteiger partial charge in [-0.2, -0.15) is 6.08 Å². The Morgan fingerprint density at radius 3 is 1.09 bits per heavy atom. The molecule has 0 atom stereocenters. The van der Waals surface area contributed by atoms with Gasteiger partial charge in [0.05, 0.1) is 0 Å². The van der Waals surface area contributed by atoms with Gasteiger partial charge in [0, 0.05) is 0 Å². The smallest absolute Gasteiger partial charge is 1.00 e. The van der Waals surface area contributed by atoms with Crippen LogP contribution in [0.3, 0.4) is 0 Å². The van der Waals surface area contributed by atoms with E-state index in [9.17, 15) is 0 Å². The van der Waals surface area contributed by atoms with E-state index in [1.807, 2.05) is 12.2 Å². The maximum atomic E-state index is 2.99. The Bertz CT molecular complexity index is 184. The fourth-order valence-electron chi connectivity index (χ4n) is 1.68. The van der Waals surface area contributed by atoms with Crippen LogP contribution in [0.15, 0.2) is 18.2 Å². The van der Waals surface area contributed by atoms with Gasteiger partial charge in [-0.15, -0.1) is 22.3 Å². The van der Waals surface area contributed by atoms with Crippen LogP contribution in [0.1, 0.15) is 48.0 Å². The van der Waals surface area contributed by atoms with Crippen molar-refractivity contribution in [2.45, 2.75) is 48.0 Å². The Labute approximate surface area is 168 Å². The van der Waals surface area contributed by atoms with Gasteiger partial charge in [0.1, 0.15) is 0 Å². The third-order valence-electron chi connectivity index (χ3n) is 3.27. The maximum absolute atomic E-state index is 2.99. The molecule has 0 aromatic carbocycles. The number of halogens is 2. The molecule has 1 radical (unpaired) electrons. The first kappa shape index (κ1) is 34.8. The second-order valence-corrected chi connectivity index (χ2v) is 10.7. The summed E-state index contributed by atoms with van der Waals surface area (Å²) in [4.78, 5) is 0. The van der Waals surface area contributed by atoms with Crippen LogP contribution in [0.5, 0.6) is 0 Å². The first-order chi connectivity index (χ1) is 9.19. The van der Waals surface area contributed by atoms with Crippen molar-refractivity contribution < 1.29 is 43.4 Å². The van der Waals surface area contributed by atoms with Crippen molar-refractivity contribution in [3.63, 3.8) is 0 Å². The summed E-state index contributed by atoms with van der Waals surface area (Å²) in [7, 11) is 0.892. The van der Waals surface area contributed by atoms with Gasteiger partial charge in [0.15, 0.2) is 0 Å². The molecule has 0 aromatic heterocycles. The zero-order chi connectivity index (χ0) is 14.9. The summed E-state index contributed by atoms with van der Waals surface area (Å²) >= 11 is 0. The van der Waals surface area contributed by atoms with Crippen LogP contribution >= 0.6 is 15.8 Å². The van der Waals surface area contributed by atoms with Gasteiger partial charge in [0.2, 0.25) is 0 Å². The summed E-state index contributed by atoms with van der Waals surface area (Å²) in [5, 5.41) is 0. The number of allylic oxidation sites excluding steroid dienone is 4. The summed E-state index contributed by atoms with van der Waals surface area (Å²) in [5.74, 6) is 0. The molecule has 0 spiro atoms. The first-order valence-electron chi connectivity index (χ1n) is 7.86. The molecule has 0 unspecified atom stereocenters. The van der Waals surface area contributed by atoms with E-state index in [1.54, 1.807) is 0 Å². The summed E-state index contributed by atoms with van der Waals surface area (Å²) in [5.41, 5.74) is 0. The molecule has 0 heterocycles. The molecule has 0 aliphatic heterocycles. The molecule has 0 amide bonds. The molecule has 133 valence electrons. The molecule has 1 aliphatic rings. The topological polar surface area (TPSA) is 0 Å². The Morgan fingerprint density at radius 2 is 1.05 bits per heavy atom. The fraction of sp³-hybridized carbons (Fsp3) is 0.765. The van der Waals surface area contributed by atoms with Crippen molar-refractivity contribution in [3.8, 4) is 0 Å². The molecule has 1 aliphatic carbocycles. The summed E-state index contributed by atoms with van der Waals surface area (Å²) in [6, 6.07) is 0. The fourth-order valence-corrected chi connectivity index (χ4v) is 4.37. The summed E-state index contributed by atoms with van der Waals surface area (Å²) in [6.07, 6.45) is 18.5. The van der Waals surface area contributed by atoms with E-state index >= 15 is 0 Å². The van der Waals surface area contributed by atoms with Crippen LogP contribution in [0.2, 0.25) is 0 Å². The summed E-state index contributed by atoms with van der Waals surface area (Å²) < 4.78 is 0. The Morgan fingerprint density at radius 1 is 0.727 bits per heavy atom. The Hall–Kier alpha value is 1.50. The van der Waals surface area contributed by atoms with Crippen molar-refractivity contribution in [1.82, 2.24) is 0 Å². The average Bonchev–Trinajstić information content (AvgIpc) is 3.03. The van der Waals surface area contributed by atoms with Crippen molar-refractivity contribution in [2.24, 2.45) is 0 Å². The van der Waals surface area contributed by atoms with E-state index in [2.05, 4.69) is 53.7 Å². The molecule has 0 aromatic rings. The molecule has 0 saturated carbocycles. The van der Waals surface area contributed by atoms with Gasteiger partial charge in [0.25, 0.3) is 0 Å². The molecule has 0 fully saturated rings. The van der Waals surface area contributed by atoms with E-state index in [4.69, 9.17) is 0 Å². The van der Waals surface area contributed by atoms with E-state index in [0.717, 1.165) is 6.42 Å². The van der Waals surface area contributed by atoms with Gasteiger partial charge < -0.3 is 24.8 Å². The van der Waals surface area contributed by atoms with Crippen molar-refractivity contribution >= 4 is 15.8 Å². The van der Waals surface area contributed by atoms with Crippen LogP contribution in [0.4, 0.5) is 0 Å². The van der Waals surface area contributed by atoms with E-state index in [0.29, 0.717) is 15.8 Å². The second-order valence-electron chi connectivity index (χ2n) is 4.24. The first-order valence-corrected chi connectivity index (χ1v) is 11.7. The SMILES string of the molecule is CCP(CC)CC.CCP(CC)CC.[C-]1=CC=CC1.[Cl-].[Cl-].[V+2]. The zero-order valence-corrected chi connectivity index (χ0v) is 20.0. The third kappa shape index (κ3) is 26.4. The number of rotatable bonds is 6. The monoisotopic (exact) mass is 422 g/mol. The minimum atomic E-state index is 0. The van der Waals surface area contributed by atoms with Gasteiger partial charge in [-0.1, -0.05) is 41.5 Å². The second kappa shape index (κ2) is 30.4. The van der Waals surface area contributed by atoms with Crippen LogP contribution < -0.4 is 24.8 Å². The van der Waals surface area contributed by atoms with Crippen LogP contribution in [-0.4, -0.2) is 37.0 Å². The molecule has 1 rings (SSSR count). The van der Waals surface area contributed by atoms with Crippen molar-refractivity contribution in [3.05, 3.63) is 24.3 Å². The molecule has 0 nitrogen and oxygen atoms in total. The normalized spacial score (nSPS) is 10.5. The number of hydrogen-bond donors (Lipinski definition) is 0. The van der Waals surface area contributed by atoms with Gasteiger partial charge >= 0.3 is 18.6 Å². The largest absolute Gasteiger partial charge is 2.00 e. The molecule has 0 saturated heterocycles. The van der Waals surface area contributed by atoms with Crippen LogP contribution in [0, 0.1) is 6.08 Å². The standard InChI is InChI=1S/2C6H15P.C5H5.2ClH.V/c2*1-4-7(5-2)6-3;1-2-4-5-3-1;;;/h2*4-6H2,1-3H3;1-3H,4H2;2*1H;/q;;-1;;;+2/p-2. The Kier molecular flexibility index (Phi) is 48.0. The Balaban J connectivity index is -0.0000000620. The van der Waals surface area contributed by atoms with Gasteiger partial charge in [-0.25, -0.2) is 12.2 Å². The number of hydrogen-bond acceptors (Lipinski definition) is 0. The van der Waals surface area contributed by atoms with E-state index < -0.39 is 0 Å². The predicted molar refractivity (Wildman–Crippen MR) is 98.7 cm³/mol. The molecule has 22 heavy (non-hydrogen) atoms. The van der Waals surface area contributed by atoms with Crippen molar-refractivity contribution in [2.75, 3.05) is 37.0 Å². The van der Waals surface area contributed by atoms with E-state index in [1.165, 1.54) is 37.0 Å². The quantitative estimate of drug-likeness (QED) is 0.428. The van der Waals surface area contributed by atoms with Crippen LogP contribution in [0.25, 0.3) is 0 Å². The van der Waals surface area contributed by atoms with Gasteiger partial charge in [-0.05, 0) is 37.0 Å². The van der Waals surface area contributed by atoms with Gasteiger partial charge in [-0.3, -0.25) is 6.08 Å². The van der Waals surface area contributed by atoms with Crippen molar-refractivity contribution in [1.29, 1.82) is 0 Å². The van der Waals surface area contributed by atoms with E-state index in [-0.39, 0.29) is 43.4 Å². The predicted octanol–water partition coefficient (Wildman–Crippen LogP) is 0.367. The zero-order valence-electron chi connectivity index (χ0n) is 15.3. The molecule has 5 heteroatoms. The molecular formula is C17H35Cl2P2V-. The summed E-state index contributed by atoms with van der Waals surface area (Å²) in [6.45, 7) is 13.7. The maximum Gasteiger partial charge on any atom is 2.00 e. The minimum Gasteiger partial charge on any atom is -1.00 e.